The molecular formula is C14H17BrClNO. The van der Waals surface area contributed by atoms with Gasteiger partial charge in [0.05, 0.1) is 5.02 Å². The molecule has 98 valence electrons. The Bertz CT molecular complexity index is 430. The van der Waals surface area contributed by atoms with E-state index in [0.29, 0.717) is 11.4 Å². The van der Waals surface area contributed by atoms with Crippen LogP contribution in [0.2, 0.25) is 5.02 Å². The first-order valence-corrected chi connectivity index (χ1v) is 7.57. The molecule has 2 nitrogen and oxygen atoms in total. The lowest BCUT2D eigenvalue weighted by molar-refractivity contribution is -0.116. The van der Waals surface area contributed by atoms with Gasteiger partial charge in [-0.2, -0.15) is 0 Å². The largest absolute Gasteiger partial charge is 0.326 e. The number of halogens is 2. The summed E-state index contributed by atoms with van der Waals surface area (Å²) in [5.41, 5.74) is 0.764. The highest BCUT2D eigenvalue weighted by Crippen LogP contribution is 2.29. The quantitative estimate of drug-likeness (QED) is 0.826. The fourth-order valence-electron chi connectivity index (χ4n) is 2.43. The van der Waals surface area contributed by atoms with Crippen LogP contribution in [-0.4, -0.2) is 5.91 Å². The SMILES string of the molecule is O=C(CCC1CCCC1)Nc1ccc(Br)c(Cl)c1. The number of carbonyl (C=O) groups excluding carboxylic acids is 1. The van der Waals surface area contributed by atoms with E-state index in [9.17, 15) is 4.79 Å². The van der Waals surface area contributed by atoms with Crippen LogP contribution in [0.4, 0.5) is 5.69 Å². The molecule has 2 rings (SSSR count). The highest BCUT2D eigenvalue weighted by atomic mass is 79.9. The molecule has 0 heterocycles. The number of nitrogens with one attached hydrogen (secondary N) is 1. The molecule has 4 heteroatoms. The molecular weight excluding hydrogens is 314 g/mol. The first kappa shape index (κ1) is 13.9. The van der Waals surface area contributed by atoms with Gasteiger partial charge in [0.2, 0.25) is 5.91 Å². The second kappa shape index (κ2) is 6.58. The van der Waals surface area contributed by atoms with Gasteiger partial charge in [-0.15, -0.1) is 0 Å². The van der Waals surface area contributed by atoms with E-state index in [1.54, 1.807) is 6.07 Å². The molecule has 0 radical (unpaired) electrons. The van der Waals surface area contributed by atoms with Gasteiger partial charge in [-0.3, -0.25) is 4.79 Å². The lowest BCUT2D eigenvalue weighted by Crippen LogP contribution is -2.12. The maximum absolute atomic E-state index is 11.8. The van der Waals surface area contributed by atoms with Crippen LogP contribution in [0.25, 0.3) is 0 Å². The maximum Gasteiger partial charge on any atom is 0.224 e. The Hall–Kier alpha value is -0.540. The lowest BCUT2D eigenvalue weighted by Gasteiger charge is -2.09. The van der Waals surface area contributed by atoms with E-state index in [0.717, 1.165) is 22.5 Å². The molecule has 1 aliphatic rings. The van der Waals surface area contributed by atoms with Crippen molar-refractivity contribution in [1.82, 2.24) is 0 Å². The van der Waals surface area contributed by atoms with Crippen molar-refractivity contribution < 1.29 is 4.79 Å². The molecule has 0 aliphatic heterocycles. The van der Waals surface area contributed by atoms with Crippen LogP contribution in [0, 0.1) is 5.92 Å². The molecule has 1 fully saturated rings. The number of benzene rings is 1. The van der Waals surface area contributed by atoms with E-state index in [1.165, 1.54) is 25.7 Å². The van der Waals surface area contributed by atoms with E-state index >= 15 is 0 Å². The smallest absolute Gasteiger partial charge is 0.224 e. The number of hydrogen-bond donors (Lipinski definition) is 1. The molecule has 18 heavy (non-hydrogen) atoms. The summed E-state index contributed by atoms with van der Waals surface area (Å²) in [5.74, 6) is 0.838. The molecule has 1 aromatic carbocycles. The molecule has 1 amide bonds. The van der Waals surface area contributed by atoms with Crippen LogP contribution in [-0.2, 0) is 4.79 Å². The van der Waals surface area contributed by atoms with Gasteiger partial charge < -0.3 is 5.32 Å². The molecule has 1 aliphatic carbocycles. The highest BCUT2D eigenvalue weighted by molar-refractivity contribution is 9.10. The van der Waals surface area contributed by atoms with Gasteiger partial charge in [-0.1, -0.05) is 37.3 Å². The number of hydrogen-bond acceptors (Lipinski definition) is 1. The summed E-state index contributed by atoms with van der Waals surface area (Å²) in [5, 5.41) is 3.50. The third kappa shape index (κ3) is 3.99. The third-order valence-electron chi connectivity index (χ3n) is 3.46. The summed E-state index contributed by atoms with van der Waals surface area (Å²) in [4.78, 5) is 11.8. The second-order valence-electron chi connectivity index (χ2n) is 4.87. The van der Waals surface area contributed by atoms with E-state index in [2.05, 4.69) is 21.2 Å². The minimum atomic E-state index is 0.0836. The summed E-state index contributed by atoms with van der Waals surface area (Å²) in [6.07, 6.45) is 6.85. The normalized spacial score (nSPS) is 15.9. The summed E-state index contributed by atoms with van der Waals surface area (Å²) in [6, 6.07) is 5.46. The molecule has 1 N–H and O–H groups in total. The standard InChI is InChI=1S/C14H17BrClNO/c15-12-7-6-11(9-13(12)16)17-14(18)8-5-10-3-1-2-4-10/h6-7,9-10H,1-5,8H2,(H,17,18). The lowest BCUT2D eigenvalue weighted by atomic mass is 10.0. The summed E-state index contributed by atoms with van der Waals surface area (Å²) in [7, 11) is 0. The molecule has 1 aromatic rings. The van der Waals surface area contributed by atoms with Crippen LogP contribution in [0.5, 0.6) is 0 Å². The first-order chi connectivity index (χ1) is 8.65. The summed E-state index contributed by atoms with van der Waals surface area (Å²) >= 11 is 9.31. The van der Waals surface area contributed by atoms with E-state index in [-0.39, 0.29) is 5.91 Å². The van der Waals surface area contributed by atoms with Crippen molar-refractivity contribution in [3.63, 3.8) is 0 Å². The zero-order chi connectivity index (χ0) is 13.0. The molecule has 0 saturated heterocycles. The van der Waals surface area contributed by atoms with Crippen molar-refractivity contribution >= 4 is 39.1 Å². The minimum Gasteiger partial charge on any atom is -0.326 e. The fourth-order valence-corrected chi connectivity index (χ4v) is 2.86. The van der Waals surface area contributed by atoms with Crippen LogP contribution in [0.3, 0.4) is 0 Å². The Balaban J connectivity index is 1.80. The average molecular weight is 331 g/mol. The van der Waals surface area contributed by atoms with Gasteiger partial charge in [0, 0.05) is 16.6 Å². The number of carbonyl (C=O) groups is 1. The van der Waals surface area contributed by atoms with Crippen molar-refractivity contribution in [2.45, 2.75) is 38.5 Å². The maximum atomic E-state index is 11.8. The van der Waals surface area contributed by atoms with Crippen LogP contribution >= 0.6 is 27.5 Å². The van der Waals surface area contributed by atoms with Gasteiger partial charge in [0.1, 0.15) is 0 Å². The monoisotopic (exact) mass is 329 g/mol. The topological polar surface area (TPSA) is 29.1 Å². The second-order valence-corrected chi connectivity index (χ2v) is 6.13. The molecule has 0 atom stereocenters. The van der Waals surface area contributed by atoms with Crippen LogP contribution < -0.4 is 5.32 Å². The van der Waals surface area contributed by atoms with E-state index in [4.69, 9.17) is 11.6 Å². The number of amides is 1. The first-order valence-electron chi connectivity index (χ1n) is 6.40. The van der Waals surface area contributed by atoms with Crippen molar-refractivity contribution in [3.05, 3.63) is 27.7 Å². The Morgan fingerprint density at radius 3 is 2.78 bits per heavy atom. The Labute approximate surface area is 121 Å². The van der Waals surface area contributed by atoms with Gasteiger partial charge in [-0.25, -0.2) is 0 Å². The van der Waals surface area contributed by atoms with Crippen LogP contribution in [0.1, 0.15) is 38.5 Å². The van der Waals surface area contributed by atoms with Gasteiger partial charge >= 0.3 is 0 Å². The Morgan fingerprint density at radius 2 is 2.11 bits per heavy atom. The number of anilines is 1. The molecule has 0 aromatic heterocycles. The van der Waals surface area contributed by atoms with Crippen molar-refractivity contribution in [2.75, 3.05) is 5.32 Å². The number of rotatable bonds is 4. The molecule has 0 bridgehead atoms. The molecule has 1 saturated carbocycles. The summed E-state index contributed by atoms with van der Waals surface area (Å²) in [6.45, 7) is 0. The van der Waals surface area contributed by atoms with Crippen molar-refractivity contribution in [1.29, 1.82) is 0 Å². The van der Waals surface area contributed by atoms with Crippen molar-refractivity contribution in [3.8, 4) is 0 Å². The van der Waals surface area contributed by atoms with Gasteiger partial charge in [0.25, 0.3) is 0 Å². The molecule has 0 unspecified atom stereocenters. The van der Waals surface area contributed by atoms with E-state index in [1.807, 2.05) is 12.1 Å². The van der Waals surface area contributed by atoms with Gasteiger partial charge in [0.15, 0.2) is 0 Å². The third-order valence-corrected chi connectivity index (χ3v) is 4.69. The predicted molar refractivity (Wildman–Crippen MR) is 79.0 cm³/mol. The minimum absolute atomic E-state index is 0.0836. The van der Waals surface area contributed by atoms with Gasteiger partial charge in [-0.05, 0) is 46.5 Å². The fraction of sp³-hybridized carbons (Fsp3) is 0.500. The average Bonchev–Trinajstić information content (AvgIpc) is 2.84. The van der Waals surface area contributed by atoms with Crippen molar-refractivity contribution in [2.24, 2.45) is 5.92 Å². The predicted octanol–water partition coefficient (Wildman–Crippen LogP) is 5.01. The Kier molecular flexibility index (Phi) is 5.07. The highest BCUT2D eigenvalue weighted by Gasteiger charge is 2.16. The van der Waals surface area contributed by atoms with E-state index < -0.39 is 0 Å². The zero-order valence-electron chi connectivity index (χ0n) is 10.2. The molecule has 0 spiro atoms. The van der Waals surface area contributed by atoms with Crippen LogP contribution in [0.15, 0.2) is 22.7 Å². The zero-order valence-corrected chi connectivity index (χ0v) is 12.6. The Morgan fingerprint density at radius 1 is 1.39 bits per heavy atom. The summed E-state index contributed by atoms with van der Waals surface area (Å²) < 4.78 is 0.841.